The van der Waals surface area contributed by atoms with Crippen LogP contribution in [0.5, 0.6) is 5.75 Å². The van der Waals surface area contributed by atoms with Crippen molar-refractivity contribution in [2.24, 2.45) is 5.73 Å². The first-order valence-corrected chi connectivity index (χ1v) is 19.3. The highest BCUT2D eigenvalue weighted by atomic mass is 16.5. The van der Waals surface area contributed by atoms with E-state index >= 15 is 0 Å². The number of aliphatic hydroxyl groups is 1. The van der Waals surface area contributed by atoms with Gasteiger partial charge in [-0.2, -0.15) is 0 Å². The molecule has 0 saturated carbocycles. The lowest BCUT2D eigenvalue weighted by Gasteiger charge is -2.28. The van der Waals surface area contributed by atoms with Gasteiger partial charge in [-0.3, -0.25) is 28.8 Å². The lowest BCUT2D eigenvalue weighted by atomic mass is 10.00. The second kappa shape index (κ2) is 22.5. The van der Waals surface area contributed by atoms with Crippen LogP contribution in [0.2, 0.25) is 0 Å². The van der Waals surface area contributed by atoms with Gasteiger partial charge in [0.05, 0.1) is 24.9 Å². The number of nitrogens with two attached hydrogens (primary N) is 1. The summed E-state index contributed by atoms with van der Waals surface area (Å²) in [5, 5.41) is 41.8. The van der Waals surface area contributed by atoms with E-state index in [1.54, 1.807) is 36.4 Å². The average Bonchev–Trinajstić information content (AvgIpc) is 3.23. The van der Waals surface area contributed by atoms with Gasteiger partial charge in [0.15, 0.2) is 0 Å². The number of carbonyl (C=O) groups is 6. The normalized spacial score (nSPS) is 14.5. The van der Waals surface area contributed by atoms with Crippen molar-refractivity contribution in [2.75, 3.05) is 6.54 Å². The van der Waals surface area contributed by atoms with E-state index in [0.717, 1.165) is 22.3 Å². The third kappa shape index (κ3) is 14.3. The van der Waals surface area contributed by atoms with E-state index < -0.39 is 84.5 Å². The van der Waals surface area contributed by atoms with Crippen molar-refractivity contribution < 1.29 is 48.8 Å². The Morgan fingerprint density at radius 1 is 0.600 bits per heavy atom. The fourth-order valence-corrected chi connectivity index (χ4v) is 6.04. The molecular formula is C44H52N6O10. The zero-order valence-corrected chi connectivity index (χ0v) is 33.5. The minimum Gasteiger partial charge on any atom is -0.508 e. The molecule has 0 bridgehead atoms. The average molecular weight is 825 g/mol. The summed E-state index contributed by atoms with van der Waals surface area (Å²) >= 11 is 0. The molecule has 0 aliphatic carbocycles. The number of ether oxygens (including phenoxy) is 1. The summed E-state index contributed by atoms with van der Waals surface area (Å²) in [5.41, 5.74) is 10.4. The van der Waals surface area contributed by atoms with Gasteiger partial charge < -0.3 is 52.4 Å². The minimum absolute atomic E-state index is 0.0190. The standard InChI is InChI=1S/C44H52N6O10/c1-26(40(55)50-39(43(58)46-24-37(53)54)28(3)60-25-31-10-6-4-7-11-31)47-44(59)38(27(2)51)49-42(57)36(23-30-16-20-34(52)21-17-30)48-41(56)35(45)22-29-14-18-33(19-15-29)32-12-8-5-9-13-32/h4-21,26-28,35-36,38-39,51-52H,22-25,45H2,1-3H3,(H,46,58)(H,47,59)(H,48,56)(H,49,57)(H,50,55)(H,53,54)/t26-,27+,28+,35-,36-,38-,39-/m0/s1. The van der Waals surface area contributed by atoms with Crippen molar-refractivity contribution in [3.8, 4) is 16.9 Å². The maximum absolute atomic E-state index is 13.8. The first-order chi connectivity index (χ1) is 28.6. The molecule has 7 atom stereocenters. The number of phenols is 1. The molecule has 0 radical (unpaired) electrons. The highest BCUT2D eigenvalue weighted by Crippen LogP contribution is 2.20. The Morgan fingerprint density at radius 2 is 1.15 bits per heavy atom. The highest BCUT2D eigenvalue weighted by Gasteiger charge is 2.34. The van der Waals surface area contributed by atoms with Crippen LogP contribution in [0.25, 0.3) is 11.1 Å². The smallest absolute Gasteiger partial charge is 0.322 e. The monoisotopic (exact) mass is 824 g/mol. The molecule has 10 N–H and O–H groups in total. The number of aliphatic carboxylic acids is 1. The molecule has 4 aromatic carbocycles. The number of nitrogens with one attached hydrogen (secondary N) is 5. The van der Waals surface area contributed by atoms with Gasteiger partial charge in [-0.1, -0.05) is 97.1 Å². The molecule has 0 aliphatic rings. The Balaban J connectivity index is 1.43. The van der Waals surface area contributed by atoms with Gasteiger partial charge in [-0.15, -0.1) is 0 Å². The lowest BCUT2D eigenvalue weighted by molar-refractivity contribution is -0.140. The number of rotatable bonds is 21. The van der Waals surface area contributed by atoms with Gasteiger partial charge in [-0.05, 0) is 67.1 Å². The molecular weight excluding hydrogens is 773 g/mol. The number of carbonyl (C=O) groups excluding carboxylic acids is 5. The predicted molar refractivity (Wildman–Crippen MR) is 222 cm³/mol. The van der Waals surface area contributed by atoms with Crippen molar-refractivity contribution in [1.29, 1.82) is 0 Å². The van der Waals surface area contributed by atoms with Crippen LogP contribution in [0.3, 0.4) is 0 Å². The van der Waals surface area contributed by atoms with Crippen molar-refractivity contribution in [3.05, 3.63) is 126 Å². The number of carboxylic acids is 1. The summed E-state index contributed by atoms with van der Waals surface area (Å²) in [5.74, 6) is -5.51. The van der Waals surface area contributed by atoms with Crippen LogP contribution < -0.4 is 32.3 Å². The van der Waals surface area contributed by atoms with Crippen LogP contribution in [0.15, 0.2) is 109 Å². The summed E-state index contributed by atoms with van der Waals surface area (Å²) in [7, 11) is 0. The molecule has 0 heterocycles. The van der Waals surface area contributed by atoms with Crippen LogP contribution in [0.1, 0.15) is 37.5 Å². The van der Waals surface area contributed by atoms with E-state index in [2.05, 4.69) is 26.6 Å². The zero-order chi connectivity index (χ0) is 43.8. The van der Waals surface area contributed by atoms with Crippen LogP contribution in [-0.4, -0.2) is 99.8 Å². The predicted octanol–water partition coefficient (Wildman–Crippen LogP) is 1.32. The molecule has 0 saturated heterocycles. The molecule has 5 amide bonds. The Morgan fingerprint density at radius 3 is 1.75 bits per heavy atom. The number of phenolic OH excluding ortho intramolecular Hbond substituents is 1. The fraction of sp³-hybridized carbons (Fsp3) is 0.318. The summed E-state index contributed by atoms with van der Waals surface area (Å²) in [6.45, 7) is 3.42. The summed E-state index contributed by atoms with van der Waals surface area (Å²) in [4.78, 5) is 78.3. The van der Waals surface area contributed by atoms with Crippen LogP contribution in [0.4, 0.5) is 0 Å². The first kappa shape index (κ1) is 46.1. The van der Waals surface area contributed by atoms with E-state index in [1.807, 2.05) is 60.7 Å². The minimum atomic E-state index is -1.62. The number of aliphatic hydroxyl groups excluding tert-OH is 1. The SMILES string of the molecule is C[C@H](NC(=O)[C@@H](NC(=O)[C@H](Cc1ccc(O)cc1)NC(=O)[C@@H](N)Cc1ccc(-c2ccccc2)cc1)[C@@H](C)O)C(=O)N[C@H](C(=O)NCC(=O)O)[C@@H](C)OCc1ccccc1. The number of benzene rings is 4. The molecule has 0 aliphatic heterocycles. The molecule has 4 rings (SSSR count). The lowest BCUT2D eigenvalue weighted by Crippen LogP contribution is -2.61. The molecule has 0 unspecified atom stereocenters. The van der Waals surface area contributed by atoms with Crippen molar-refractivity contribution >= 4 is 35.5 Å². The fourth-order valence-electron chi connectivity index (χ4n) is 6.04. The van der Waals surface area contributed by atoms with E-state index in [-0.39, 0.29) is 25.2 Å². The van der Waals surface area contributed by atoms with Gasteiger partial charge in [0.2, 0.25) is 29.5 Å². The van der Waals surface area contributed by atoms with Gasteiger partial charge in [0, 0.05) is 6.42 Å². The van der Waals surface area contributed by atoms with Gasteiger partial charge >= 0.3 is 5.97 Å². The second-order valence-corrected chi connectivity index (χ2v) is 14.4. The maximum Gasteiger partial charge on any atom is 0.322 e. The highest BCUT2D eigenvalue weighted by molar-refractivity contribution is 5.96. The van der Waals surface area contributed by atoms with Crippen molar-refractivity contribution in [3.63, 3.8) is 0 Å². The molecule has 0 fully saturated rings. The number of hydrogen-bond acceptors (Lipinski definition) is 10. The van der Waals surface area contributed by atoms with Gasteiger partial charge in [0.1, 0.15) is 36.5 Å². The van der Waals surface area contributed by atoms with Crippen LogP contribution in [-0.2, 0) is 53.0 Å². The molecule has 4 aromatic rings. The van der Waals surface area contributed by atoms with Crippen molar-refractivity contribution in [1.82, 2.24) is 26.6 Å². The van der Waals surface area contributed by atoms with E-state index in [0.29, 0.717) is 5.56 Å². The number of amides is 5. The largest absolute Gasteiger partial charge is 0.508 e. The summed E-state index contributed by atoms with van der Waals surface area (Å²) in [6.07, 6.45) is -2.38. The Hall–Kier alpha value is -6.62. The Bertz CT molecular complexity index is 2050. The summed E-state index contributed by atoms with van der Waals surface area (Å²) in [6, 6.07) is 25.5. The number of carboxylic acid groups (broad SMARTS) is 1. The van der Waals surface area contributed by atoms with E-state index in [9.17, 15) is 39.0 Å². The Labute approximate surface area is 347 Å². The molecule has 0 aromatic heterocycles. The first-order valence-electron chi connectivity index (χ1n) is 19.3. The number of aromatic hydroxyl groups is 1. The molecule has 318 valence electrons. The number of hydrogen-bond donors (Lipinski definition) is 9. The zero-order valence-electron chi connectivity index (χ0n) is 33.5. The molecule has 16 heteroatoms. The molecule has 0 spiro atoms. The quantitative estimate of drug-likeness (QED) is 0.0579. The maximum atomic E-state index is 13.8. The van der Waals surface area contributed by atoms with Crippen molar-refractivity contribution in [2.45, 2.75) is 82.6 Å². The van der Waals surface area contributed by atoms with Crippen LogP contribution >= 0.6 is 0 Å². The molecule has 16 nitrogen and oxygen atoms in total. The van der Waals surface area contributed by atoms with E-state index in [1.165, 1.54) is 32.9 Å². The third-order valence-corrected chi connectivity index (χ3v) is 9.50. The third-order valence-electron chi connectivity index (χ3n) is 9.50. The topological polar surface area (TPSA) is 259 Å². The summed E-state index contributed by atoms with van der Waals surface area (Å²) < 4.78 is 5.81. The van der Waals surface area contributed by atoms with E-state index in [4.69, 9.17) is 15.6 Å². The van der Waals surface area contributed by atoms with Gasteiger partial charge in [-0.25, -0.2) is 0 Å². The van der Waals surface area contributed by atoms with Crippen LogP contribution in [0, 0.1) is 0 Å². The molecule has 60 heavy (non-hydrogen) atoms. The van der Waals surface area contributed by atoms with Gasteiger partial charge in [0.25, 0.3) is 0 Å². The second-order valence-electron chi connectivity index (χ2n) is 14.4. The Kier molecular flexibility index (Phi) is 17.3.